The zero-order valence-corrected chi connectivity index (χ0v) is 20.7. The van der Waals surface area contributed by atoms with Gasteiger partial charge in [-0.15, -0.1) is 0 Å². The molecule has 0 bridgehead atoms. The number of hydrogen-bond donors (Lipinski definition) is 0. The average molecular weight is 465 g/mol. The Hall–Kier alpha value is -2.68. The molecule has 0 aliphatic heterocycles. The number of halogens is 2. The predicted molar refractivity (Wildman–Crippen MR) is 139 cm³/mol. The summed E-state index contributed by atoms with van der Waals surface area (Å²) < 4.78 is 35.7. The van der Waals surface area contributed by atoms with Crippen LogP contribution in [0.4, 0.5) is 8.78 Å². The highest BCUT2D eigenvalue weighted by Crippen LogP contribution is 2.32. The second-order valence-corrected chi connectivity index (χ2v) is 9.08. The maximum Gasteiger partial charge on any atom is 0.167 e. The van der Waals surface area contributed by atoms with Crippen LogP contribution in [0.3, 0.4) is 0 Å². The molecule has 0 atom stereocenters. The Balaban J connectivity index is 1.63. The minimum atomic E-state index is -0.815. The topological polar surface area (TPSA) is 9.23 Å². The molecule has 0 spiro atoms. The van der Waals surface area contributed by atoms with Crippen LogP contribution < -0.4 is 4.74 Å². The molecule has 0 amide bonds. The molecule has 0 aliphatic carbocycles. The van der Waals surface area contributed by atoms with Crippen molar-refractivity contribution in [3.63, 3.8) is 0 Å². The van der Waals surface area contributed by atoms with E-state index in [0.29, 0.717) is 23.3 Å². The van der Waals surface area contributed by atoms with Crippen molar-refractivity contribution in [2.24, 2.45) is 0 Å². The van der Waals surface area contributed by atoms with Crippen LogP contribution in [-0.4, -0.2) is 6.61 Å². The molecule has 3 heteroatoms. The third kappa shape index (κ3) is 7.41. The van der Waals surface area contributed by atoms with Gasteiger partial charge in [-0.25, -0.2) is 8.78 Å². The van der Waals surface area contributed by atoms with Crippen molar-refractivity contribution < 1.29 is 13.5 Å². The van der Waals surface area contributed by atoms with E-state index in [-0.39, 0.29) is 5.56 Å². The maximum absolute atomic E-state index is 15.0. The van der Waals surface area contributed by atoms with Crippen LogP contribution in [0, 0.1) is 11.6 Å². The molecule has 182 valence electrons. The van der Waals surface area contributed by atoms with Gasteiger partial charge in [0.1, 0.15) is 5.75 Å². The summed E-state index contributed by atoms with van der Waals surface area (Å²) in [6.07, 6.45) is 11.9. The Labute approximate surface area is 204 Å². The van der Waals surface area contributed by atoms with Crippen LogP contribution in [0.2, 0.25) is 0 Å². The van der Waals surface area contributed by atoms with Gasteiger partial charge < -0.3 is 4.74 Å². The molecule has 0 unspecified atom stereocenters. The van der Waals surface area contributed by atoms with Crippen molar-refractivity contribution in [1.29, 1.82) is 0 Å². The zero-order chi connectivity index (χ0) is 24.2. The number of rotatable bonds is 14. The molecule has 3 rings (SSSR count). The van der Waals surface area contributed by atoms with Gasteiger partial charge >= 0.3 is 0 Å². The Morgan fingerprint density at radius 3 is 1.65 bits per heavy atom. The summed E-state index contributed by atoms with van der Waals surface area (Å²) in [6, 6.07) is 18.4. The van der Waals surface area contributed by atoms with E-state index in [1.807, 2.05) is 36.4 Å². The van der Waals surface area contributed by atoms with Gasteiger partial charge in [0.05, 0.1) is 6.61 Å². The normalized spacial score (nSPS) is 11.1. The first-order chi connectivity index (χ1) is 16.6. The Morgan fingerprint density at radius 1 is 0.559 bits per heavy atom. The van der Waals surface area contributed by atoms with Gasteiger partial charge in [-0.2, -0.15) is 0 Å². The monoisotopic (exact) mass is 464 g/mol. The standard InChI is InChI=1S/C31H38F2O/c1-3-5-7-8-9-10-12-24-13-15-25(16-14-24)28-21-22-29(31(33)30(28)32)26-17-19-27(20-18-26)34-23-11-6-4-2/h13-22H,3-12,23H2,1-2H3. The van der Waals surface area contributed by atoms with E-state index in [9.17, 15) is 4.39 Å². The molecule has 34 heavy (non-hydrogen) atoms. The number of unbranched alkanes of at least 4 members (excludes halogenated alkanes) is 7. The molecule has 0 radical (unpaired) electrons. The predicted octanol–water partition coefficient (Wildman–Crippen LogP) is 9.77. The summed E-state index contributed by atoms with van der Waals surface area (Å²) in [5.41, 5.74) is 3.14. The Bertz CT molecular complexity index is 993. The second-order valence-electron chi connectivity index (χ2n) is 9.08. The van der Waals surface area contributed by atoms with E-state index in [2.05, 4.69) is 13.8 Å². The molecule has 0 fully saturated rings. The van der Waals surface area contributed by atoms with Gasteiger partial charge in [-0.05, 0) is 48.1 Å². The summed E-state index contributed by atoms with van der Waals surface area (Å²) in [5, 5.41) is 0. The summed E-state index contributed by atoms with van der Waals surface area (Å²) in [7, 11) is 0. The van der Waals surface area contributed by atoms with E-state index in [0.717, 1.165) is 31.4 Å². The Kier molecular flexibility index (Phi) is 10.6. The molecule has 3 aromatic carbocycles. The lowest BCUT2D eigenvalue weighted by atomic mass is 9.97. The van der Waals surface area contributed by atoms with Crippen molar-refractivity contribution in [3.05, 3.63) is 77.9 Å². The van der Waals surface area contributed by atoms with Gasteiger partial charge in [0, 0.05) is 11.1 Å². The van der Waals surface area contributed by atoms with E-state index < -0.39 is 11.6 Å². The molecule has 0 heterocycles. The first kappa shape index (κ1) is 25.9. The van der Waals surface area contributed by atoms with Crippen molar-refractivity contribution in [1.82, 2.24) is 0 Å². The quantitative estimate of drug-likeness (QED) is 0.216. The van der Waals surface area contributed by atoms with Crippen molar-refractivity contribution in [3.8, 4) is 28.0 Å². The van der Waals surface area contributed by atoms with Crippen LogP contribution in [0.1, 0.15) is 77.2 Å². The molecule has 0 saturated carbocycles. The molecule has 0 N–H and O–H groups in total. The smallest absolute Gasteiger partial charge is 0.167 e. The molecule has 0 saturated heterocycles. The fraction of sp³-hybridized carbons (Fsp3) is 0.419. The fourth-order valence-corrected chi connectivity index (χ4v) is 4.23. The van der Waals surface area contributed by atoms with E-state index in [4.69, 9.17) is 4.74 Å². The minimum Gasteiger partial charge on any atom is -0.494 e. The van der Waals surface area contributed by atoms with Gasteiger partial charge in [0.2, 0.25) is 0 Å². The van der Waals surface area contributed by atoms with Crippen molar-refractivity contribution >= 4 is 0 Å². The molecule has 1 nitrogen and oxygen atoms in total. The zero-order valence-electron chi connectivity index (χ0n) is 20.7. The van der Waals surface area contributed by atoms with Gasteiger partial charge in [0.25, 0.3) is 0 Å². The summed E-state index contributed by atoms with van der Waals surface area (Å²) in [5.74, 6) is -0.871. The van der Waals surface area contributed by atoms with Crippen LogP contribution in [0.25, 0.3) is 22.3 Å². The minimum absolute atomic E-state index is 0.262. The summed E-state index contributed by atoms with van der Waals surface area (Å²) in [6.45, 7) is 5.05. The van der Waals surface area contributed by atoms with Crippen molar-refractivity contribution in [2.75, 3.05) is 6.61 Å². The second kappa shape index (κ2) is 13.9. The largest absolute Gasteiger partial charge is 0.494 e. The molecule has 3 aromatic rings. The van der Waals surface area contributed by atoms with Crippen LogP contribution in [-0.2, 0) is 6.42 Å². The molecular weight excluding hydrogens is 426 g/mol. The van der Waals surface area contributed by atoms with Crippen LogP contribution in [0.15, 0.2) is 60.7 Å². The SMILES string of the molecule is CCCCCCCCc1ccc(-c2ccc(-c3ccc(OCCCCC)cc3)c(F)c2F)cc1. The highest BCUT2D eigenvalue weighted by atomic mass is 19.2. The highest BCUT2D eigenvalue weighted by molar-refractivity contribution is 5.72. The lowest BCUT2D eigenvalue weighted by Crippen LogP contribution is -1.97. The van der Waals surface area contributed by atoms with E-state index in [1.165, 1.54) is 44.1 Å². The lowest BCUT2D eigenvalue weighted by Gasteiger charge is -2.11. The summed E-state index contributed by atoms with van der Waals surface area (Å²) in [4.78, 5) is 0. The first-order valence-electron chi connectivity index (χ1n) is 12.9. The third-order valence-electron chi connectivity index (χ3n) is 6.35. The van der Waals surface area contributed by atoms with Crippen molar-refractivity contribution in [2.45, 2.75) is 78.1 Å². The summed E-state index contributed by atoms with van der Waals surface area (Å²) >= 11 is 0. The fourth-order valence-electron chi connectivity index (χ4n) is 4.23. The third-order valence-corrected chi connectivity index (χ3v) is 6.35. The number of ether oxygens (including phenoxy) is 1. The maximum atomic E-state index is 15.0. The highest BCUT2D eigenvalue weighted by Gasteiger charge is 2.16. The molecule has 0 aromatic heterocycles. The van der Waals surface area contributed by atoms with E-state index >= 15 is 4.39 Å². The molecular formula is C31H38F2O. The van der Waals surface area contributed by atoms with Gasteiger partial charge in [0.15, 0.2) is 11.6 Å². The van der Waals surface area contributed by atoms with E-state index in [1.54, 1.807) is 24.3 Å². The number of hydrogen-bond acceptors (Lipinski definition) is 1. The lowest BCUT2D eigenvalue weighted by molar-refractivity contribution is 0.306. The van der Waals surface area contributed by atoms with Crippen LogP contribution >= 0.6 is 0 Å². The number of benzene rings is 3. The van der Waals surface area contributed by atoms with Gasteiger partial charge in [-0.1, -0.05) is 107 Å². The van der Waals surface area contributed by atoms with Gasteiger partial charge in [-0.3, -0.25) is 0 Å². The average Bonchev–Trinajstić information content (AvgIpc) is 2.87. The Morgan fingerprint density at radius 2 is 1.06 bits per heavy atom. The number of aryl methyl sites for hydroxylation is 1. The molecule has 0 aliphatic rings. The first-order valence-corrected chi connectivity index (χ1v) is 12.9. The van der Waals surface area contributed by atoms with Crippen LogP contribution in [0.5, 0.6) is 5.75 Å².